The Hall–Kier alpha value is -0.450. The highest BCUT2D eigenvalue weighted by Crippen LogP contribution is 2.24. The molecular formula is C13H22N2OS. The van der Waals surface area contributed by atoms with Gasteiger partial charge >= 0.3 is 0 Å². The zero-order chi connectivity index (χ0) is 12.1. The van der Waals surface area contributed by atoms with Crippen LogP contribution >= 0.6 is 11.3 Å². The first kappa shape index (κ1) is 13.0. The first-order chi connectivity index (χ1) is 8.33. The van der Waals surface area contributed by atoms with E-state index in [1.807, 2.05) is 6.20 Å². The number of rotatable bonds is 5. The lowest BCUT2D eigenvalue weighted by atomic mass is 9.85. The Morgan fingerprint density at radius 1 is 1.47 bits per heavy atom. The summed E-state index contributed by atoms with van der Waals surface area (Å²) in [6, 6.07) is 0.487. The van der Waals surface area contributed by atoms with E-state index in [4.69, 9.17) is 0 Å². The average molecular weight is 254 g/mol. The summed E-state index contributed by atoms with van der Waals surface area (Å²) in [6.07, 6.45) is 7.92. The molecule has 0 radical (unpaired) electrons. The van der Waals surface area contributed by atoms with Crippen molar-refractivity contribution < 1.29 is 5.11 Å². The van der Waals surface area contributed by atoms with Gasteiger partial charge in [-0.3, -0.25) is 0 Å². The lowest BCUT2D eigenvalue weighted by molar-refractivity contribution is 0.152. The molecule has 1 aromatic heterocycles. The second kappa shape index (κ2) is 6.47. The molecule has 1 aliphatic carbocycles. The molecule has 2 rings (SSSR count). The fourth-order valence-corrected chi connectivity index (χ4v) is 3.33. The minimum atomic E-state index is 0.320. The van der Waals surface area contributed by atoms with Crippen molar-refractivity contribution in [2.75, 3.05) is 6.61 Å². The molecule has 1 saturated carbocycles. The number of nitrogens with one attached hydrogen (secondary N) is 1. The molecule has 1 aromatic rings. The molecule has 0 spiro atoms. The van der Waals surface area contributed by atoms with E-state index in [9.17, 15) is 5.11 Å². The molecule has 2 N–H and O–H groups in total. The molecule has 0 aliphatic heterocycles. The molecule has 3 nitrogen and oxygen atoms in total. The quantitative estimate of drug-likeness (QED) is 0.848. The number of thiazole rings is 1. The van der Waals surface area contributed by atoms with Crippen molar-refractivity contribution >= 4 is 11.3 Å². The maximum atomic E-state index is 9.35. The second-order valence-electron chi connectivity index (χ2n) is 4.79. The van der Waals surface area contributed by atoms with E-state index >= 15 is 0 Å². The Balaban J connectivity index is 1.83. The molecule has 1 aliphatic rings. The largest absolute Gasteiger partial charge is 0.396 e. The van der Waals surface area contributed by atoms with Crippen molar-refractivity contribution in [2.24, 2.45) is 5.92 Å². The van der Waals surface area contributed by atoms with Gasteiger partial charge < -0.3 is 10.4 Å². The number of nitrogens with zero attached hydrogens (tertiary/aromatic N) is 1. The van der Waals surface area contributed by atoms with Gasteiger partial charge in [-0.1, -0.05) is 19.8 Å². The van der Waals surface area contributed by atoms with Gasteiger partial charge in [0.25, 0.3) is 0 Å². The average Bonchev–Trinajstić information content (AvgIpc) is 2.84. The topological polar surface area (TPSA) is 45.2 Å². The van der Waals surface area contributed by atoms with Gasteiger partial charge in [-0.05, 0) is 25.2 Å². The number of aliphatic hydroxyl groups excluding tert-OH is 1. The summed E-state index contributed by atoms with van der Waals surface area (Å²) in [5.41, 5.74) is 0. The van der Waals surface area contributed by atoms with Gasteiger partial charge in [0.05, 0.1) is 5.01 Å². The van der Waals surface area contributed by atoms with Crippen LogP contribution in [0.15, 0.2) is 6.20 Å². The molecule has 96 valence electrons. The van der Waals surface area contributed by atoms with Gasteiger partial charge in [0.15, 0.2) is 0 Å². The third-order valence-corrected chi connectivity index (χ3v) is 4.73. The second-order valence-corrected chi connectivity index (χ2v) is 5.99. The van der Waals surface area contributed by atoms with Crippen LogP contribution in [-0.4, -0.2) is 22.7 Å². The molecule has 4 heteroatoms. The summed E-state index contributed by atoms with van der Waals surface area (Å²) in [7, 11) is 0. The van der Waals surface area contributed by atoms with Gasteiger partial charge in [0.1, 0.15) is 0 Å². The number of aryl methyl sites for hydroxylation is 1. The molecular weight excluding hydrogens is 232 g/mol. The van der Waals surface area contributed by atoms with E-state index in [0.717, 1.165) is 19.4 Å². The maximum absolute atomic E-state index is 9.35. The minimum absolute atomic E-state index is 0.320. The highest BCUT2D eigenvalue weighted by molar-refractivity contribution is 7.11. The van der Waals surface area contributed by atoms with Crippen LogP contribution in [0.5, 0.6) is 0 Å². The van der Waals surface area contributed by atoms with Crippen molar-refractivity contribution in [1.82, 2.24) is 10.3 Å². The normalized spacial score (nSPS) is 25.1. The van der Waals surface area contributed by atoms with Crippen LogP contribution in [0.4, 0.5) is 0 Å². The van der Waals surface area contributed by atoms with Crippen molar-refractivity contribution in [1.29, 1.82) is 0 Å². The van der Waals surface area contributed by atoms with Crippen molar-refractivity contribution in [3.8, 4) is 0 Å². The molecule has 0 bridgehead atoms. The SMILES string of the molecule is CCc1ncc(CNC2CCCCC2CO)s1. The highest BCUT2D eigenvalue weighted by atomic mass is 32.1. The Bertz CT molecular complexity index is 340. The lowest BCUT2D eigenvalue weighted by Crippen LogP contribution is -2.39. The van der Waals surface area contributed by atoms with Crippen LogP contribution in [0.25, 0.3) is 0 Å². The van der Waals surface area contributed by atoms with Crippen LogP contribution in [-0.2, 0) is 13.0 Å². The summed E-state index contributed by atoms with van der Waals surface area (Å²) in [6.45, 7) is 3.36. The van der Waals surface area contributed by atoms with Crippen LogP contribution in [0, 0.1) is 5.92 Å². The molecule has 2 unspecified atom stereocenters. The Kier molecular flexibility index (Phi) is 4.95. The first-order valence-electron chi connectivity index (χ1n) is 6.61. The summed E-state index contributed by atoms with van der Waals surface area (Å²) < 4.78 is 0. The van der Waals surface area contributed by atoms with Crippen molar-refractivity contribution in [3.05, 3.63) is 16.1 Å². The predicted octanol–water partition coefficient (Wildman–Crippen LogP) is 2.35. The molecule has 1 fully saturated rings. The lowest BCUT2D eigenvalue weighted by Gasteiger charge is -2.30. The van der Waals surface area contributed by atoms with E-state index in [0.29, 0.717) is 18.6 Å². The molecule has 0 aromatic carbocycles. The van der Waals surface area contributed by atoms with Gasteiger partial charge in [-0.2, -0.15) is 0 Å². The highest BCUT2D eigenvalue weighted by Gasteiger charge is 2.23. The van der Waals surface area contributed by atoms with E-state index < -0.39 is 0 Å². The van der Waals surface area contributed by atoms with E-state index in [1.165, 1.54) is 29.1 Å². The van der Waals surface area contributed by atoms with Gasteiger partial charge in [0, 0.05) is 30.3 Å². The Morgan fingerprint density at radius 2 is 2.29 bits per heavy atom. The third-order valence-electron chi connectivity index (χ3n) is 3.59. The van der Waals surface area contributed by atoms with E-state index in [2.05, 4.69) is 17.2 Å². The molecule has 2 atom stereocenters. The summed E-state index contributed by atoms with van der Waals surface area (Å²) in [4.78, 5) is 5.68. The fourth-order valence-electron chi connectivity index (χ4n) is 2.52. The Morgan fingerprint density at radius 3 is 3.00 bits per heavy atom. The molecule has 1 heterocycles. The zero-order valence-electron chi connectivity index (χ0n) is 10.5. The Labute approximate surface area is 107 Å². The van der Waals surface area contributed by atoms with Crippen LogP contribution < -0.4 is 5.32 Å². The third kappa shape index (κ3) is 3.50. The number of aromatic nitrogens is 1. The smallest absolute Gasteiger partial charge is 0.0925 e. The van der Waals surface area contributed by atoms with Gasteiger partial charge in [-0.25, -0.2) is 4.98 Å². The van der Waals surface area contributed by atoms with Gasteiger partial charge in [-0.15, -0.1) is 11.3 Å². The minimum Gasteiger partial charge on any atom is -0.396 e. The number of aliphatic hydroxyl groups is 1. The maximum Gasteiger partial charge on any atom is 0.0925 e. The van der Waals surface area contributed by atoms with Crippen molar-refractivity contribution in [2.45, 2.75) is 51.6 Å². The summed E-state index contributed by atoms with van der Waals surface area (Å²) in [5, 5.41) is 14.1. The zero-order valence-corrected chi connectivity index (χ0v) is 11.3. The molecule has 0 saturated heterocycles. The van der Waals surface area contributed by atoms with Crippen molar-refractivity contribution in [3.63, 3.8) is 0 Å². The first-order valence-corrected chi connectivity index (χ1v) is 7.43. The van der Waals surface area contributed by atoms with Crippen LogP contribution in [0.3, 0.4) is 0 Å². The monoisotopic (exact) mass is 254 g/mol. The van der Waals surface area contributed by atoms with Crippen LogP contribution in [0.2, 0.25) is 0 Å². The van der Waals surface area contributed by atoms with Crippen LogP contribution in [0.1, 0.15) is 42.5 Å². The van der Waals surface area contributed by atoms with E-state index in [-0.39, 0.29) is 0 Å². The fraction of sp³-hybridized carbons (Fsp3) is 0.769. The summed E-state index contributed by atoms with van der Waals surface area (Å²) >= 11 is 1.79. The predicted molar refractivity (Wildman–Crippen MR) is 71.2 cm³/mol. The molecule has 17 heavy (non-hydrogen) atoms. The molecule has 0 amide bonds. The summed E-state index contributed by atoms with van der Waals surface area (Å²) in [5.74, 6) is 0.447. The van der Waals surface area contributed by atoms with Gasteiger partial charge in [0.2, 0.25) is 0 Å². The number of hydrogen-bond acceptors (Lipinski definition) is 4. The number of hydrogen-bond donors (Lipinski definition) is 2. The van der Waals surface area contributed by atoms with E-state index in [1.54, 1.807) is 11.3 Å². The standard InChI is InChI=1S/C13H22N2OS/c1-2-13-15-8-11(17-13)7-14-12-6-4-3-5-10(12)9-16/h8,10,12,14,16H,2-7,9H2,1H3.